The molecule has 27 heavy (non-hydrogen) atoms. The Morgan fingerprint density at radius 2 is 1.74 bits per heavy atom. The monoisotopic (exact) mass is 371 g/mol. The van der Waals surface area contributed by atoms with Gasteiger partial charge in [-0.25, -0.2) is 0 Å². The smallest absolute Gasteiger partial charge is 0.151 e. The van der Waals surface area contributed by atoms with Crippen molar-refractivity contribution in [2.24, 2.45) is 17.8 Å². The van der Waals surface area contributed by atoms with Crippen LogP contribution in [0.25, 0.3) is 0 Å². The molecule has 1 aromatic heterocycles. The van der Waals surface area contributed by atoms with E-state index in [-0.39, 0.29) is 0 Å². The van der Waals surface area contributed by atoms with Crippen LogP contribution in [0.4, 0.5) is 11.6 Å². The summed E-state index contributed by atoms with van der Waals surface area (Å²) < 4.78 is 5.51. The quantitative estimate of drug-likeness (QED) is 0.859. The van der Waals surface area contributed by atoms with Crippen molar-refractivity contribution >= 4 is 11.6 Å². The minimum absolute atomic E-state index is 0.567. The van der Waals surface area contributed by atoms with Crippen molar-refractivity contribution in [3.8, 4) is 0 Å². The number of aromatic nitrogens is 2. The minimum atomic E-state index is 0.567. The molecule has 4 aliphatic rings. The maximum absolute atomic E-state index is 5.51. The number of nitrogens with one attached hydrogen (secondary N) is 1. The highest BCUT2D eigenvalue weighted by atomic mass is 16.5. The van der Waals surface area contributed by atoms with E-state index in [9.17, 15) is 0 Å². The van der Waals surface area contributed by atoms with Crippen LogP contribution in [0.5, 0.6) is 0 Å². The first-order valence-electron chi connectivity index (χ1n) is 11.0. The molecule has 2 unspecified atom stereocenters. The molecule has 4 heterocycles. The summed E-state index contributed by atoms with van der Waals surface area (Å²) >= 11 is 0. The van der Waals surface area contributed by atoms with Crippen LogP contribution >= 0.6 is 0 Å². The SMILES string of the molecule is c1cc(N2CCCC2)nnc1NC1CC2CN(CC3CCOCC3)C[C@H]2C1. The second-order valence-corrected chi connectivity index (χ2v) is 9.08. The van der Waals surface area contributed by atoms with E-state index < -0.39 is 0 Å². The fourth-order valence-electron chi connectivity index (χ4n) is 5.68. The number of rotatable bonds is 5. The van der Waals surface area contributed by atoms with Crippen molar-refractivity contribution in [3.63, 3.8) is 0 Å². The topological polar surface area (TPSA) is 53.5 Å². The molecule has 1 N–H and O–H groups in total. The summed E-state index contributed by atoms with van der Waals surface area (Å²) in [6.45, 7) is 8.05. The van der Waals surface area contributed by atoms with Gasteiger partial charge in [-0.15, -0.1) is 10.2 Å². The molecule has 148 valence electrons. The van der Waals surface area contributed by atoms with Gasteiger partial charge in [0.1, 0.15) is 5.82 Å². The van der Waals surface area contributed by atoms with E-state index in [4.69, 9.17) is 4.74 Å². The van der Waals surface area contributed by atoms with Gasteiger partial charge in [0.05, 0.1) is 0 Å². The third-order valence-electron chi connectivity index (χ3n) is 7.12. The molecule has 0 amide bonds. The highest BCUT2D eigenvalue weighted by Crippen LogP contribution is 2.39. The van der Waals surface area contributed by atoms with Crippen molar-refractivity contribution in [1.29, 1.82) is 0 Å². The molecule has 0 radical (unpaired) electrons. The van der Waals surface area contributed by atoms with Gasteiger partial charge in [-0.2, -0.15) is 0 Å². The Morgan fingerprint density at radius 3 is 2.41 bits per heavy atom. The Balaban J connectivity index is 1.09. The lowest BCUT2D eigenvalue weighted by Gasteiger charge is -2.27. The first-order valence-corrected chi connectivity index (χ1v) is 11.0. The number of nitrogens with zero attached hydrogens (tertiary/aromatic N) is 4. The van der Waals surface area contributed by atoms with Crippen LogP contribution in [0.2, 0.25) is 0 Å². The average molecular weight is 372 g/mol. The molecule has 0 bridgehead atoms. The molecule has 1 aromatic rings. The Labute approximate surface area is 162 Å². The molecule has 4 fully saturated rings. The molecule has 5 rings (SSSR count). The summed E-state index contributed by atoms with van der Waals surface area (Å²) in [5.41, 5.74) is 0. The van der Waals surface area contributed by atoms with Gasteiger partial charge in [0.2, 0.25) is 0 Å². The third-order valence-corrected chi connectivity index (χ3v) is 7.12. The lowest BCUT2D eigenvalue weighted by molar-refractivity contribution is 0.0545. The predicted octanol–water partition coefficient (Wildman–Crippen LogP) is 2.63. The molecule has 1 saturated carbocycles. The van der Waals surface area contributed by atoms with Gasteiger partial charge in [0.15, 0.2) is 5.82 Å². The zero-order valence-electron chi connectivity index (χ0n) is 16.4. The number of hydrogen-bond donors (Lipinski definition) is 1. The molecular formula is C21H33N5O. The highest BCUT2D eigenvalue weighted by molar-refractivity contribution is 5.44. The lowest BCUT2D eigenvalue weighted by Crippen LogP contribution is -2.32. The Bertz CT molecular complexity index is 598. The largest absolute Gasteiger partial charge is 0.381 e. The van der Waals surface area contributed by atoms with E-state index in [1.54, 1.807) is 0 Å². The second-order valence-electron chi connectivity index (χ2n) is 9.08. The molecule has 0 spiro atoms. The van der Waals surface area contributed by atoms with Crippen molar-refractivity contribution in [2.75, 3.05) is 56.2 Å². The van der Waals surface area contributed by atoms with Crippen molar-refractivity contribution < 1.29 is 4.74 Å². The van der Waals surface area contributed by atoms with Crippen LogP contribution in [0, 0.1) is 17.8 Å². The normalized spacial score (nSPS) is 32.1. The van der Waals surface area contributed by atoms with E-state index in [1.807, 2.05) is 0 Å². The van der Waals surface area contributed by atoms with Gasteiger partial charge in [-0.1, -0.05) is 0 Å². The summed E-state index contributed by atoms with van der Waals surface area (Å²) in [5, 5.41) is 12.6. The number of ether oxygens (including phenoxy) is 1. The van der Waals surface area contributed by atoms with Gasteiger partial charge in [0, 0.05) is 52.0 Å². The van der Waals surface area contributed by atoms with Gasteiger partial charge < -0.3 is 19.9 Å². The van der Waals surface area contributed by atoms with Crippen molar-refractivity contribution in [1.82, 2.24) is 15.1 Å². The van der Waals surface area contributed by atoms with Crippen LogP contribution in [-0.2, 0) is 4.74 Å². The van der Waals surface area contributed by atoms with Crippen LogP contribution in [0.3, 0.4) is 0 Å². The first-order chi connectivity index (χ1) is 13.3. The standard InChI is InChI=1S/C21H33N5O/c1-2-8-26(7-1)21-4-3-20(23-24-21)22-19-11-17-14-25(15-18(17)12-19)13-16-5-9-27-10-6-16/h3-4,16-19H,1-2,5-15H2,(H,22,23)/t17-,18?,19?/m1/s1. The fraction of sp³-hybridized carbons (Fsp3) is 0.810. The molecule has 1 aliphatic carbocycles. The summed E-state index contributed by atoms with van der Waals surface area (Å²) in [7, 11) is 0. The summed E-state index contributed by atoms with van der Waals surface area (Å²) in [4.78, 5) is 5.07. The number of fused-ring (bicyclic) bond motifs is 1. The van der Waals surface area contributed by atoms with Crippen molar-refractivity contribution in [2.45, 2.75) is 44.6 Å². The summed E-state index contributed by atoms with van der Waals surface area (Å²) in [6, 6.07) is 4.82. The molecular weight excluding hydrogens is 338 g/mol. The van der Waals surface area contributed by atoms with E-state index in [1.165, 1.54) is 58.2 Å². The van der Waals surface area contributed by atoms with E-state index >= 15 is 0 Å². The van der Waals surface area contributed by atoms with Crippen LogP contribution in [0.15, 0.2) is 12.1 Å². The third kappa shape index (κ3) is 4.06. The van der Waals surface area contributed by atoms with Crippen molar-refractivity contribution in [3.05, 3.63) is 12.1 Å². The van der Waals surface area contributed by atoms with Crippen LogP contribution in [-0.4, -0.2) is 67.1 Å². The Hall–Kier alpha value is -1.40. The Morgan fingerprint density at radius 1 is 1.00 bits per heavy atom. The van der Waals surface area contributed by atoms with Gasteiger partial charge in [0.25, 0.3) is 0 Å². The zero-order chi connectivity index (χ0) is 18.1. The molecule has 3 saturated heterocycles. The highest BCUT2D eigenvalue weighted by Gasteiger charge is 2.41. The zero-order valence-corrected chi connectivity index (χ0v) is 16.4. The first kappa shape index (κ1) is 17.7. The number of likely N-dealkylation sites (tertiary alicyclic amines) is 1. The fourth-order valence-corrected chi connectivity index (χ4v) is 5.68. The van der Waals surface area contributed by atoms with Crippen LogP contribution in [0.1, 0.15) is 38.5 Å². The van der Waals surface area contributed by atoms with E-state index in [0.29, 0.717) is 6.04 Å². The second kappa shape index (κ2) is 7.92. The van der Waals surface area contributed by atoms with Crippen LogP contribution < -0.4 is 10.2 Å². The maximum atomic E-state index is 5.51. The molecule has 6 heteroatoms. The summed E-state index contributed by atoms with van der Waals surface area (Å²) in [6.07, 6.45) is 7.62. The van der Waals surface area contributed by atoms with E-state index in [0.717, 1.165) is 55.7 Å². The number of anilines is 2. The lowest BCUT2D eigenvalue weighted by atomic mass is 10.00. The van der Waals surface area contributed by atoms with Gasteiger partial charge in [-0.05, 0) is 68.4 Å². The maximum Gasteiger partial charge on any atom is 0.151 e. The molecule has 0 aromatic carbocycles. The van der Waals surface area contributed by atoms with Gasteiger partial charge >= 0.3 is 0 Å². The summed E-state index contributed by atoms with van der Waals surface area (Å²) in [5.74, 6) is 4.56. The molecule has 3 atom stereocenters. The predicted molar refractivity (Wildman–Crippen MR) is 107 cm³/mol. The molecule has 3 aliphatic heterocycles. The van der Waals surface area contributed by atoms with Gasteiger partial charge in [-0.3, -0.25) is 0 Å². The Kier molecular flexibility index (Phi) is 5.18. The average Bonchev–Trinajstić information content (AvgIpc) is 3.40. The minimum Gasteiger partial charge on any atom is -0.381 e. The number of hydrogen-bond acceptors (Lipinski definition) is 6. The van der Waals surface area contributed by atoms with E-state index in [2.05, 4.69) is 37.4 Å². The molecule has 6 nitrogen and oxygen atoms in total.